The molecule has 0 fully saturated rings. The van der Waals surface area contributed by atoms with Gasteiger partial charge >= 0.3 is 0 Å². The number of nitrogens with zero attached hydrogens (tertiary/aromatic N) is 1. The van der Waals surface area contributed by atoms with Gasteiger partial charge in [-0.25, -0.2) is 0 Å². The summed E-state index contributed by atoms with van der Waals surface area (Å²) >= 11 is 0. The lowest BCUT2D eigenvalue weighted by Crippen LogP contribution is -2.11. The van der Waals surface area contributed by atoms with E-state index in [1.165, 1.54) is 33.4 Å². The van der Waals surface area contributed by atoms with Crippen molar-refractivity contribution in [2.75, 3.05) is 4.90 Å². The van der Waals surface area contributed by atoms with Crippen molar-refractivity contribution < 1.29 is 4.42 Å². The van der Waals surface area contributed by atoms with Gasteiger partial charge < -0.3 is 9.32 Å². The minimum Gasteiger partial charge on any atom is -0.456 e. The first kappa shape index (κ1) is 33.2. The number of rotatable bonds is 8. The molecule has 56 heavy (non-hydrogen) atoms. The second-order valence-corrected chi connectivity index (χ2v) is 14.1. The average Bonchev–Trinajstić information content (AvgIpc) is 3.67. The fraction of sp³-hybridized carbons (Fsp3) is 0. The van der Waals surface area contributed by atoms with Crippen molar-refractivity contribution in [3.63, 3.8) is 0 Å². The summed E-state index contributed by atoms with van der Waals surface area (Å²) in [5, 5.41) is 2.18. The first-order valence-corrected chi connectivity index (χ1v) is 19.1. The minimum atomic E-state index is 0.856. The van der Waals surface area contributed by atoms with E-state index in [2.05, 4.69) is 223 Å². The summed E-state index contributed by atoms with van der Waals surface area (Å²) in [6, 6.07) is 80.1. The highest BCUT2D eigenvalue weighted by Gasteiger charge is 2.25. The van der Waals surface area contributed by atoms with E-state index in [1.807, 2.05) is 6.07 Å². The smallest absolute Gasteiger partial charge is 0.136 e. The first-order chi connectivity index (χ1) is 27.8. The highest BCUT2D eigenvalue weighted by Crippen LogP contribution is 2.50. The zero-order valence-electron chi connectivity index (χ0n) is 30.7. The van der Waals surface area contributed by atoms with E-state index >= 15 is 0 Å². The Hall–Kier alpha value is -7.42. The van der Waals surface area contributed by atoms with Gasteiger partial charge in [-0.05, 0) is 98.6 Å². The summed E-state index contributed by atoms with van der Waals surface area (Å²) in [4.78, 5) is 2.40. The third-order valence-corrected chi connectivity index (χ3v) is 10.7. The SMILES string of the molecule is c1ccc(-c2ccc(N(c3ccc(-c4ccccc4)cc3)c3ccc4oc5ccccc5c4c3-c3ccc(-c4ccccc4)cc3-c3ccccc3)cc2)cc1. The fourth-order valence-corrected chi connectivity index (χ4v) is 7.99. The molecule has 0 saturated carbocycles. The maximum atomic E-state index is 6.61. The number of fused-ring (bicyclic) bond motifs is 3. The quantitative estimate of drug-likeness (QED) is 0.156. The summed E-state index contributed by atoms with van der Waals surface area (Å²) in [7, 11) is 0. The summed E-state index contributed by atoms with van der Waals surface area (Å²) in [5.41, 5.74) is 16.6. The van der Waals surface area contributed by atoms with Crippen molar-refractivity contribution in [1.29, 1.82) is 0 Å². The Bertz CT molecular complexity index is 2830. The van der Waals surface area contributed by atoms with E-state index in [0.29, 0.717) is 0 Å². The van der Waals surface area contributed by atoms with Crippen LogP contribution in [0, 0.1) is 0 Å². The molecule has 2 heteroatoms. The van der Waals surface area contributed by atoms with Gasteiger partial charge in [-0.2, -0.15) is 0 Å². The van der Waals surface area contributed by atoms with Crippen LogP contribution in [-0.4, -0.2) is 0 Å². The van der Waals surface area contributed by atoms with E-state index in [1.54, 1.807) is 0 Å². The number of para-hydroxylation sites is 1. The van der Waals surface area contributed by atoms with E-state index in [9.17, 15) is 0 Å². The largest absolute Gasteiger partial charge is 0.456 e. The predicted molar refractivity (Wildman–Crippen MR) is 236 cm³/mol. The van der Waals surface area contributed by atoms with Gasteiger partial charge in [-0.3, -0.25) is 0 Å². The number of benzene rings is 9. The van der Waals surface area contributed by atoms with Gasteiger partial charge in [0.1, 0.15) is 11.2 Å². The molecule has 0 amide bonds. The van der Waals surface area contributed by atoms with Crippen LogP contribution in [-0.2, 0) is 0 Å². The van der Waals surface area contributed by atoms with Crippen molar-refractivity contribution in [1.82, 2.24) is 0 Å². The molecule has 0 saturated heterocycles. The van der Waals surface area contributed by atoms with Crippen molar-refractivity contribution in [3.8, 4) is 55.6 Å². The molecule has 9 aromatic carbocycles. The molecular weight excluding hydrogens is 679 g/mol. The van der Waals surface area contributed by atoms with Crippen LogP contribution in [0.3, 0.4) is 0 Å². The second-order valence-electron chi connectivity index (χ2n) is 14.1. The number of anilines is 3. The highest BCUT2D eigenvalue weighted by molar-refractivity contribution is 6.18. The Morgan fingerprint density at radius 2 is 0.750 bits per heavy atom. The molecule has 0 unspecified atom stereocenters. The maximum Gasteiger partial charge on any atom is 0.136 e. The molecule has 0 bridgehead atoms. The van der Waals surface area contributed by atoms with Gasteiger partial charge in [0, 0.05) is 27.7 Å². The van der Waals surface area contributed by atoms with Crippen LogP contribution in [0.4, 0.5) is 17.1 Å². The average molecular weight is 716 g/mol. The molecule has 1 aromatic heterocycles. The first-order valence-electron chi connectivity index (χ1n) is 19.1. The number of hydrogen-bond acceptors (Lipinski definition) is 2. The second kappa shape index (κ2) is 14.4. The third kappa shape index (κ3) is 6.14. The van der Waals surface area contributed by atoms with Crippen molar-refractivity contribution in [2.24, 2.45) is 0 Å². The Kier molecular flexibility index (Phi) is 8.55. The lowest BCUT2D eigenvalue weighted by molar-refractivity contribution is 0.669. The third-order valence-electron chi connectivity index (χ3n) is 10.7. The van der Waals surface area contributed by atoms with Crippen molar-refractivity contribution in [2.45, 2.75) is 0 Å². The normalized spacial score (nSPS) is 11.2. The summed E-state index contributed by atoms with van der Waals surface area (Å²) in [5.74, 6) is 0. The van der Waals surface area contributed by atoms with E-state index in [4.69, 9.17) is 4.42 Å². The Morgan fingerprint density at radius 3 is 1.30 bits per heavy atom. The number of hydrogen-bond donors (Lipinski definition) is 0. The fourth-order valence-electron chi connectivity index (χ4n) is 7.99. The molecule has 0 aliphatic heterocycles. The topological polar surface area (TPSA) is 16.4 Å². The van der Waals surface area contributed by atoms with Crippen LogP contribution >= 0.6 is 0 Å². The molecule has 2 nitrogen and oxygen atoms in total. The minimum absolute atomic E-state index is 0.856. The van der Waals surface area contributed by atoms with Crippen molar-refractivity contribution in [3.05, 3.63) is 224 Å². The molecule has 1 heterocycles. The van der Waals surface area contributed by atoms with Gasteiger partial charge in [0.05, 0.1) is 5.69 Å². The standard InChI is InChI=1S/C54H37NO/c1-5-15-38(16-6-1)41-25-30-45(31-26-41)55(46-32-27-42(28-33-46)39-17-7-2-8-18-39)50-35-36-52-54(48-23-13-14-24-51(48)56-52)53(50)47-34-29-44(40-19-9-3-10-20-40)37-49(47)43-21-11-4-12-22-43/h1-37H. The van der Waals surface area contributed by atoms with Crippen LogP contribution in [0.5, 0.6) is 0 Å². The summed E-state index contributed by atoms with van der Waals surface area (Å²) < 4.78 is 6.61. The zero-order chi connectivity index (χ0) is 37.3. The molecule has 0 atom stereocenters. The van der Waals surface area contributed by atoms with Gasteiger partial charge in [0.2, 0.25) is 0 Å². The predicted octanol–water partition coefficient (Wildman–Crippen LogP) is 15.4. The van der Waals surface area contributed by atoms with E-state index in [0.717, 1.165) is 61.3 Å². The Balaban J connectivity index is 1.25. The van der Waals surface area contributed by atoms with Gasteiger partial charge in [-0.1, -0.05) is 176 Å². The van der Waals surface area contributed by atoms with Crippen LogP contribution in [0.1, 0.15) is 0 Å². The van der Waals surface area contributed by atoms with Crippen LogP contribution in [0.25, 0.3) is 77.6 Å². The summed E-state index contributed by atoms with van der Waals surface area (Å²) in [6.45, 7) is 0. The molecule has 0 aliphatic carbocycles. The number of furan rings is 1. The van der Waals surface area contributed by atoms with Gasteiger partial charge in [-0.15, -0.1) is 0 Å². The van der Waals surface area contributed by atoms with Crippen LogP contribution < -0.4 is 4.90 Å². The Labute approximate surface area is 327 Å². The summed E-state index contributed by atoms with van der Waals surface area (Å²) in [6.07, 6.45) is 0. The highest BCUT2D eigenvalue weighted by atomic mass is 16.3. The molecule has 0 N–H and O–H groups in total. The molecule has 10 aromatic rings. The lowest BCUT2D eigenvalue weighted by atomic mass is 9.88. The van der Waals surface area contributed by atoms with E-state index in [-0.39, 0.29) is 0 Å². The molecule has 0 aliphatic rings. The van der Waals surface area contributed by atoms with Crippen LogP contribution in [0.15, 0.2) is 229 Å². The Morgan fingerprint density at radius 1 is 0.304 bits per heavy atom. The molecule has 0 spiro atoms. The van der Waals surface area contributed by atoms with Crippen molar-refractivity contribution >= 4 is 39.0 Å². The maximum absolute atomic E-state index is 6.61. The molecule has 0 radical (unpaired) electrons. The van der Waals surface area contributed by atoms with Gasteiger partial charge in [0.25, 0.3) is 0 Å². The van der Waals surface area contributed by atoms with Gasteiger partial charge in [0.15, 0.2) is 0 Å². The molecular formula is C54H37NO. The monoisotopic (exact) mass is 715 g/mol. The lowest BCUT2D eigenvalue weighted by Gasteiger charge is -2.29. The molecule has 10 rings (SSSR count). The molecule has 264 valence electrons. The van der Waals surface area contributed by atoms with Crippen LogP contribution in [0.2, 0.25) is 0 Å². The van der Waals surface area contributed by atoms with E-state index < -0.39 is 0 Å². The zero-order valence-corrected chi connectivity index (χ0v) is 30.7.